The number of ether oxygens (including phenoxy) is 1. The van der Waals surface area contributed by atoms with E-state index in [1.165, 1.54) is 12.8 Å². The van der Waals surface area contributed by atoms with Gasteiger partial charge in [-0.15, -0.1) is 0 Å². The Labute approximate surface area is 144 Å². The zero-order valence-electron chi connectivity index (χ0n) is 16.5. The molecule has 0 N–H and O–H groups in total. The second-order valence-electron chi connectivity index (χ2n) is 8.80. The van der Waals surface area contributed by atoms with Crippen molar-refractivity contribution in [3.63, 3.8) is 0 Å². The highest BCUT2D eigenvalue weighted by Crippen LogP contribution is 2.35. The van der Waals surface area contributed by atoms with Gasteiger partial charge in [0.15, 0.2) is 0 Å². The summed E-state index contributed by atoms with van der Waals surface area (Å²) in [5.41, 5.74) is 0. The van der Waals surface area contributed by atoms with Crippen molar-refractivity contribution in [3.05, 3.63) is 0 Å². The summed E-state index contributed by atoms with van der Waals surface area (Å²) in [6.07, 6.45) is 3.62. The summed E-state index contributed by atoms with van der Waals surface area (Å²) in [6.45, 7) is 18.0. The molecule has 3 nitrogen and oxygen atoms in total. The number of carbonyl (C=O) groups is 1. The maximum atomic E-state index is 12.4. The Morgan fingerprint density at radius 2 is 1.61 bits per heavy atom. The van der Waals surface area contributed by atoms with Gasteiger partial charge in [0.25, 0.3) is 0 Å². The van der Waals surface area contributed by atoms with Crippen molar-refractivity contribution in [1.29, 1.82) is 0 Å². The van der Waals surface area contributed by atoms with Crippen LogP contribution in [0.1, 0.15) is 67.7 Å². The third kappa shape index (κ3) is 7.69. The Morgan fingerprint density at radius 1 is 1.04 bits per heavy atom. The van der Waals surface area contributed by atoms with E-state index >= 15 is 0 Å². The molecule has 3 atom stereocenters. The van der Waals surface area contributed by atoms with E-state index in [0.29, 0.717) is 36.1 Å². The van der Waals surface area contributed by atoms with E-state index in [-0.39, 0.29) is 12.1 Å². The van der Waals surface area contributed by atoms with Crippen LogP contribution in [0.5, 0.6) is 0 Å². The summed E-state index contributed by atoms with van der Waals surface area (Å²) < 4.78 is 5.90. The Balaban J connectivity index is 2.54. The fraction of sp³-hybridized carbons (Fsp3) is 0.950. The number of carbonyl (C=O) groups excluding carboxylic acids is 1. The van der Waals surface area contributed by atoms with E-state index in [1.54, 1.807) is 0 Å². The number of rotatable bonds is 8. The molecule has 1 aliphatic carbocycles. The van der Waals surface area contributed by atoms with Gasteiger partial charge in [0.05, 0.1) is 6.54 Å². The standard InChI is InChI=1S/C20H39NO2/c1-14(2)11-21(12-15(3)4)13-20(22)23-19-10-18(16(5)6)9-8-17(19)7/h14-19H,8-13H2,1-7H3/t17-,18+,19?/m1/s1. The average Bonchev–Trinajstić information content (AvgIpc) is 2.39. The molecule has 3 heteroatoms. The molecule has 0 spiro atoms. The molecule has 0 aliphatic heterocycles. The number of hydrogen-bond acceptors (Lipinski definition) is 3. The van der Waals surface area contributed by atoms with E-state index in [0.717, 1.165) is 19.5 Å². The van der Waals surface area contributed by atoms with E-state index in [4.69, 9.17) is 4.74 Å². The van der Waals surface area contributed by atoms with Gasteiger partial charge in [-0.2, -0.15) is 0 Å². The molecule has 0 aromatic carbocycles. The van der Waals surface area contributed by atoms with Crippen molar-refractivity contribution in [3.8, 4) is 0 Å². The molecule has 1 aliphatic rings. The Hall–Kier alpha value is -0.570. The molecule has 0 aromatic heterocycles. The zero-order chi connectivity index (χ0) is 17.6. The van der Waals surface area contributed by atoms with Gasteiger partial charge in [-0.25, -0.2) is 0 Å². The lowest BCUT2D eigenvalue weighted by Crippen LogP contribution is -2.40. The molecule has 23 heavy (non-hydrogen) atoms. The molecule has 0 radical (unpaired) electrons. The topological polar surface area (TPSA) is 29.5 Å². The SMILES string of the molecule is CC(C)CN(CC(=O)OC1C[C@@H](C(C)C)CC[C@H]1C)CC(C)C. The summed E-state index contributed by atoms with van der Waals surface area (Å²) in [7, 11) is 0. The van der Waals surface area contributed by atoms with Crippen molar-refractivity contribution >= 4 is 5.97 Å². The van der Waals surface area contributed by atoms with Gasteiger partial charge in [-0.05, 0) is 48.9 Å². The summed E-state index contributed by atoms with van der Waals surface area (Å²) in [5, 5.41) is 0. The maximum absolute atomic E-state index is 12.4. The van der Waals surface area contributed by atoms with E-state index in [9.17, 15) is 4.79 Å². The first kappa shape index (κ1) is 20.5. The Bertz CT molecular complexity index is 342. The first-order chi connectivity index (χ1) is 10.7. The zero-order valence-corrected chi connectivity index (χ0v) is 16.5. The third-order valence-electron chi connectivity index (χ3n) is 4.99. The van der Waals surface area contributed by atoms with Gasteiger partial charge < -0.3 is 4.74 Å². The minimum absolute atomic E-state index is 0.0347. The highest BCUT2D eigenvalue weighted by Gasteiger charge is 2.32. The second kappa shape index (κ2) is 9.66. The van der Waals surface area contributed by atoms with Crippen LogP contribution < -0.4 is 0 Å². The van der Waals surface area contributed by atoms with Crippen molar-refractivity contribution in [2.75, 3.05) is 19.6 Å². The lowest BCUT2D eigenvalue weighted by Gasteiger charge is -2.36. The molecule has 0 amide bonds. The van der Waals surface area contributed by atoms with Gasteiger partial charge in [-0.3, -0.25) is 9.69 Å². The average molecular weight is 326 g/mol. The monoisotopic (exact) mass is 325 g/mol. The smallest absolute Gasteiger partial charge is 0.320 e. The molecule has 1 unspecified atom stereocenters. The summed E-state index contributed by atoms with van der Waals surface area (Å²) in [6, 6.07) is 0. The molecule has 0 aromatic rings. The first-order valence-electron chi connectivity index (χ1n) is 9.60. The van der Waals surface area contributed by atoms with Crippen LogP contribution in [0.25, 0.3) is 0 Å². The van der Waals surface area contributed by atoms with Crippen LogP contribution in [0.4, 0.5) is 0 Å². The molecule has 0 saturated heterocycles. The largest absolute Gasteiger partial charge is 0.461 e. The maximum Gasteiger partial charge on any atom is 0.320 e. The van der Waals surface area contributed by atoms with Crippen LogP contribution >= 0.6 is 0 Å². The lowest BCUT2D eigenvalue weighted by molar-refractivity contribution is -0.156. The van der Waals surface area contributed by atoms with Crippen molar-refractivity contribution in [2.45, 2.75) is 73.8 Å². The molecular weight excluding hydrogens is 286 g/mol. The van der Waals surface area contributed by atoms with Crippen molar-refractivity contribution in [2.24, 2.45) is 29.6 Å². The van der Waals surface area contributed by atoms with Crippen LogP contribution in [0.15, 0.2) is 0 Å². The predicted molar refractivity (Wildman–Crippen MR) is 97.3 cm³/mol. The highest BCUT2D eigenvalue weighted by molar-refractivity contribution is 5.71. The van der Waals surface area contributed by atoms with Gasteiger partial charge in [0.1, 0.15) is 6.10 Å². The molecule has 1 rings (SSSR count). The summed E-state index contributed by atoms with van der Waals surface area (Å²) in [4.78, 5) is 14.7. The van der Waals surface area contributed by atoms with Gasteiger partial charge in [0, 0.05) is 13.1 Å². The Kier molecular flexibility index (Phi) is 8.60. The normalized spacial score (nSPS) is 25.6. The van der Waals surface area contributed by atoms with Crippen molar-refractivity contribution < 1.29 is 9.53 Å². The molecule has 1 saturated carbocycles. The third-order valence-corrected chi connectivity index (χ3v) is 4.99. The fourth-order valence-electron chi connectivity index (χ4n) is 3.71. The molecule has 136 valence electrons. The van der Waals surface area contributed by atoms with E-state index in [1.807, 2.05) is 0 Å². The minimum Gasteiger partial charge on any atom is -0.461 e. The van der Waals surface area contributed by atoms with Crippen LogP contribution in [0.3, 0.4) is 0 Å². The fourth-order valence-corrected chi connectivity index (χ4v) is 3.71. The van der Waals surface area contributed by atoms with Crippen LogP contribution in [-0.2, 0) is 9.53 Å². The summed E-state index contributed by atoms with van der Waals surface area (Å²) >= 11 is 0. The van der Waals surface area contributed by atoms with Gasteiger partial charge in [0.2, 0.25) is 0 Å². The van der Waals surface area contributed by atoms with Crippen LogP contribution in [0, 0.1) is 29.6 Å². The Morgan fingerprint density at radius 3 is 2.09 bits per heavy atom. The molecule has 0 bridgehead atoms. The van der Waals surface area contributed by atoms with Crippen molar-refractivity contribution in [1.82, 2.24) is 4.90 Å². The van der Waals surface area contributed by atoms with E-state index in [2.05, 4.69) is 53.4 Å². The lowest BCUT2D eigenvalue weighted by atomic mass is 9.76. The quantitative estimate of drug-likeness (QED) is 0.611. The minimum atomic E-state index is -0.0347. The van der Waals surface area contributed by atoms with Crippen LogP contribution in [-0.4, -0.2) is 36.6 Å². The van der Waals surface area contributed by atoms with E-state index < -0.39 is 0 Å². The predicted octanol–water partition coefficient (Wildman–Crippen LogP) is 4.60. The van der Waals surface area contributed by atoms with Crippen LogP contribution in [0.2, 0.25) is 0 Å². The number of hydrogen-bond donors (Lipinski definition) is 0. The molecule has 0 heterocycles. The first-order valence-corrected chi connectivity index (χ1v) is 9.60. The number of nitrogens with zero attached hydrogens (tertiary/aromatic N) is 1. The molecular formula is C20H39NO2. The van der Waals surface area contributed by atoms with Gasteiger partial charge in [-0.1, -0.05) is 48.5 Å². The number of esters is 1. The van der Waals surface area contributed by atoms with Gasteiger partial charge >= 0.3 is 5.97 Å². The highest BCUT2D eigenvalue weighted by atomic mass is 16.5. The molecule has 1 fully saturated rings. The summed E-state index contributed by atoms with van der Waals surface area (Å²) in [5.74, 6) is 2.99. The second-order valence-corrected chi connectivity index (χ2v) is 8.80.